The molecule has 5 heteroatoms. The van der Waals surface area contributed by atoms with E-state index in [2.05, 4.69) is 27.7 Å². The highest BCUT2D eigenvalue weighted by molar-refractivity contribution is 4.62. The highest BCUT2D eigenvalue weighted by Crippen LogP contribution is 2.22. The Bertz CT molecular complexity index is 468. The van der Waals surface area contributed by atoms with Crippen molar-refractivity contribution in [2.45, 2.75) is 208 Å². The van der Waals surface area contributed by atoms with Crippen LogP contribution in [0.5, 0.6) is 0 Å². The molecule has 0 aliphatic carbocycles. The van der Waals surface area contributed by atoms with E-state index in [1.165, 1.54) is 77.0 Å². The van der Waals surface area contributed by atoms with E-state index >= 15 is 0 Å². The zero-order valence-electron chi connectivity index (χ0n) is 28.6. The zero-order chi connectivity index (χ0) is 30.6. The minimum atomic E-state index is -0.244. The molecule has 0 aliphatic rings. The highest BCUT2D eigenvalue weighted by atomic mass is 16.8. The van der Waals surface area contributed by atoms with Crippen molar-refractivity contribution in [1.29, 1.82) is 0 Å². The molecule has 0 saturated heterocycles. The molecule has 0 rings (SSSR count). The van der Waals surface area contributed by atoms with Gasteiger partial charge >= 0.3 is 0 Å². The second-order valence-corrected chi connectivity index (χ2v) is 13.2. The Morgan fingerprint density at radius 2 is 0.780 bits per heavy atom. The molecule has 0 fully saturated rings. The monoisotopic (exact) mass is 587 g/mol. The minimum Gasteiger partial charge on any atom is -0.393 e. The SMILES string of the molecule is CCCCCCCCCOC(CCCC(C)CC(C)O)OC(CCCC(C)CC(C)O)OCCCCCCCCC. The molecule has 5 nitrogen and oxygen atoms in total. The lowest BCUT2D eigenvalue weighted by Crippen LogP contribution is -2.28. The first-order valence-corrected chi connectivity index (χ1v) is 18.0. The number of aliphatic hydroxyl groups excluding tert-OH is 2. The van der Waals surface area contributed by atoms with Crippen molar-refractivity contribution < 1.29 is 24.4 Å². The molecule has 248 valence electrons. The maximum Gasteiger partial charge on any atom is 0.160 e. The maximum atomic E-state index is 9.75. The first kappa shape index (κ1) is 40.8. The number of hydrogen-bond acceptors (Lipinski definition) is 5. The van der Waals surface area contributed by atoms with Crippen molar-refractivity contribution >= 4 is 0 Å². The van der Waals surface area contributed by atoms with Gasteiger partial charge in [0.2, 0.25) is 0 Å². The van der Waals surface area contributed by atoms with Crippen molar-refractivity contribution in [2.75, 3.05) is 13.2 Å². The van der Waals surface area contributed by atoms with Crippen molar-refractivity contribution in [2.24, 2.45) is 11.8 Å². The van der Waals surface area contributed by atoms with Gasteiger partial charge in [-0.05, 0) is 77.0 Å². The molecule has 0 spiro atoms. The molecule has 0 saturated carbocycles. The summed E-state index contributed by atoms with van der Waals surface area (Å²) < 4.78 is 19.2. The molecule has 0 heterocycles. The summed E-state index contributed by atoms with van der Waals surface area (Å²) in [6, 6.07) is 0. The molecule has 0 aromatic heterocycles. The Hall–Kier alpha value is -0.200. The lowest BCUT2D eigenvalue weighted by molar-refractivity contribution is -0.250. The Kier molecular flexibility index (Phi) is 29.7. The largest absolute Gasteiger partial charge is 0.393 e. The molecular weight excluding hydrogens is 512 g/mol. The van der Waals surface area contributed by atoms with Crippen LogP contribution in [0.4, 0.5) is 0 Å². The average molecular weight is 587 g/mol. The predicted octanol–water partition coefficient (Wildman–Crippen LogP) is 10.3. The number of hydrogen-bond donors (Lipinski definition) is 2. The van der Waals surface area contributed by atoms with Crippen molar-refractivity contribution in [3.63, 3.8) is 0 Å². The van der Waals surface area contributed by atoms with Crippen LogP contribution in [-0.4, -0.2) is 48.2 Å². The van der Waals surface area contributed by atoms with Crippen LogP contribution in [0.3, 0.4) is 0 Å². The van der Waals surface area contributed by atoms with Crippen molar-refractivity contribution in [1.82, 2.24) is 0 Å². The normalized spacial score (nSPS) is 16.4. The lowest BCUT2D eigenvalue weighted by Gasteiger charge is -2.26. The molecule has 6 unspecified atom stereocenters. The summed E-state index contributed by atoms with van der Waals surface area (Å²) in [6.07, 6.45) is 24.5. The zero-order valence-corrected chi connectivity index (χ0v) is 28.6. The Labute approximate surface area is 256 Å². The third kappa shape index (κ3) is 29.6. The molecule has 0 radical (unpaired) electrons. The van der Waals surface area contributed by atoms with E-state index in [9.17, 15) is 10.2 Å². The summed E-state index contributed by atoms with van der Waals surface area (Å²) in [7, 11) is 0. The Morgan fingerprint density at radius 1 is 0.439 bits per heavy atom. The number of aliphatic hydroxyl groups is 2. The van der Waals surface area contributed by atoms with Gasteiger partial charge in [0, 0.05) is 13.2 Å². The van der Waals surface area contributed by atoms with Crippen LogP contribution in [0.25, 0.3) is 0 Å². The van der Waals surface area contributed by atoms with Gasteiger partial charge in [0.25, 0.3) is 0 Å². The molecule has 0 amide bonds. The molecule has 0 aromatic rings. The van der Waals surface area contributed by atoms with Gasteiger partial charge in [0.15, 0.2) is 12.6 Å². The summed E-state index contributed by atoms with van der Waals surface area (Å²) in [5, 5.41) is 19.5. The van der Waals surface area contributed by atoms with E-state index in [0.29, 0.717) is 11.8 Å². The standard InChI is InChI=1S/C36H74O5/c1-7-9-11-13-15-17-19-27-39-35(25-21-23-31(3)29-33(5)37)41-36(26-22-24-32(4)30-34(6)38)40-28-20-18-16-14-12-10-8-2/h31-38H,7-30H2,1-6H3. The average Bonchev–Trinajstić information content (AvgIpc) is 2.90. The minimum absolute atomic E-state index is 0.234. The summed E-state index contributed by atoms with van der Waals surface area (Å²) >= 11 is 0. The van der Waals surface area contributed by atoms with Crippen LogP contribution < -0.4 is 0 Å². The third-order valence-electron chi connectivity index (χ3n) is 8.17. The summed E-state index contributed by atoms with van der Waals surface area (Å²) in [5.41, 5.74) is 0. The Balaban J connectivity index is 4.87. The molecule has 0 aliphatic heterocycles. The predicted molar refractivity (Wildman–Crippen MR) is 175 cm³/mol. The highest BCUT2D eigenvalue weighted by Gasteiger charge is 2.19. The summed E-state index contributed by atoms with van der Waals surface area (Å²) in [4.78, 5) is 0. The number of rotatable bonds is 32. The van der Waals surface area contributed by atoms with Gasteiger partial charge in [-0.3, -0.25) is 0 Å². The lowest BCUT2D eigenvalue weighted by atomic mass is 9.97. The van der Waals surface area contributed by atoms with E-state index in [1.54, 1.807) is 0 Å². The smallest absolute Gasteiger partial charge is 0.160 e. The number of unbranched alkanes of at least 4 members (excludes halogenated alkanes) is 12. The third-order valence-corrected chi connectivity index (χ3v) is 8.17. The van der Waals surface area contributed by atoms with E-state index < -0.39 is 0 Å². The number of ether oxygens (including phenoxy) is 3. The fourth-order valence-electron chi connectivity index (χ4n) is 5.76. The van der Waals surface area contributed by atoms with E-state index in [0.717, 1.165) is 77.4 Å². The topological polar surface area (TPSA) is 68.2 Å². The first-order valence-electron chi connectivity index (χ1n) is 18.0. The van der Waals surface area contributed by atoms with Crippen LogP contribution >= 0.6 is 0 Å². The van der Waals surface area contributed by atoms with Gasteiger partial charge in [-0.15, -0.1) is 0 Å². The molecule has 0 aromatic carbocycles. The second-order valence-electron chi connectivity index (χ2n) is 13.2. The Morgan fingerprint density at radius 3 is 1.12 bits per heavy atom. The molecule has 41 heavy (non-hydrogen) atoms. The van der Waals surface area contributed by atoms with Crippen LogP contribution in [-0.2, 0) is 14.2 Å². The van der Waals surface area contributed by atoms with Crippen LogP contribution in [0, 0.1) is 11.8 Å². The second kappa shape index (κ2) is 29.9. The van der Waals surface area contributed by atoms with Crippen LogP contribution in [0.1, 0.15) is 183 Å². The van der Waals surface area contributed by atoms with Gasteiger partial charge in [0.1, 0.15) is 0 Å². The van der Waals surface area contributed by atoms with E-state index in [1.807, 2.05) is 13.8 Å². The molecular formula is C36H74O5. The van der Waals surface area contributed by atoms with E-state index in [-0.39, 0.29) is 24.8 Å². The first-order chi connectivity index (χ1) is 19.8. The van der Waals surface area contributed by atoms with Crippen molar-refractivity contribution in [3.05, 3.63) is 0 Å². The van der Waals surface area contributed by atoms with Gasteiger partial charge in [-0.1, -0.05) is 118 Å². The molecule has 2 N–H and O–H groups in total. The molecule has 0 bridgehead atoms. The van der Waals surface area contributed by atoms with Crippen LogP contribution in [0.2, 0.25) is 0 Å². The quantitative estimate of drug-likeness (QED) is 0.0606. The molecule has 6 atom stereocenters. The summed E-state index contributed by atoms with van der Waals surface area (Å²) in [5.74, 6) is 0.997. The van der Waals surface area contributed by atoms with Crippen LogP contribution in [0.15, 0.2) is 0 Å². The fourth-order valence-corrected chi connectivity index (χ4v) is 5.76. The van der Waals surface area contributed by atoms with Gasteiger partial charge in [0.05, 0.1) is 12.2 Å². The van der Waals surface area contributed by atoms with E-state index in [4.69, 9.17) is 14.2 Å². The van der Waals surface area contributed by atoms with Gasteiger partial charge in [-0.2, -0.15) is 0 Å². The fraction of sp³-hybridized carbons (Fsp3) is 1.00. The maximum absolute atomic E-state index is 9.75. The van der Waals surface area contributed by atoms with Gasteiger partial charge in [-0.25, -0.2) is 0 Å². The van der Waals surface area contributed by atoms with Crippen molar-refractivity contribution in [3.8, 4) is 0 Å². The van der Waals surface area contributed by atoms with Gasteiger partial charge < -0.3 is 24.4 Å². The summed E-state index contributed by atoms with van der Waals surface area (Å²) in [6.45, 7) is 14.2.